The molecule has 8 heteroatoms. The molecule has 7 nitrogen and oxygen atoms in total. The van der Waals surface area contributed by atoms with Crippen molar-refractivity contribution in [3.8, 4) is 5.75 Å². The van der Waals surface area contributed by atoms with E-state index >= 15 is 0 Å². The van der Waals surface area contributed by atoms with Crippen LogP contribution in [0.25, 0.3) is 0 Å². The van der Waals surface area contributed by atoms with Crippen LogP contribution < -0.4 is 15.4 Å². The Morgan fingerprint density at radius 3 is 2.64 bits per heavy atom. The highest BCUT2D eigenvalue weighted by Gasteiger charge is 2.10. The molecule has 2 rings (SSSR count). The number of aromatic nitrogens is 2. The van der Waals surface area contributed by atoms with Crippen molar-refractivity contribution >= 4 is 29.0 Å². The van der Waals surface area contributed by atoms with Gasteiger partial charge in [-0.3, -0.25) is 4.79 Å². The van der Waals surface area contributed by atoms with Crippen molar-refractivity contribution in [1.82, 2.24) is 20.4 Å². The normalized spacial score (nSPS) is 10.6. The number of carbonyl (C=O) groups excluding carboxylic acids is 1. The van der Waals surface area contributed by atoms with E-state index in [0.29, 0.717) is 23.1 Å². The molecule has 0 fully saturated rings. The second-order valence-electron chi connectivity index (χ2n) is 5.79. The Morgan fingerprint density at radius 1 is 1.28 bits per heavy atom. The van der Waals surface area contributed by atoms with Gasteiger partial charge in [0.1, 0.15) is 5.75 Å². The second-order valence-corrected chi connectivity index (χ2v) is 6.20. The fourth-order valence-corrected chi connectivity index (χ4v) is 2.23. The van der Waals surface area contributed by atoms with Crippen molar-refractivity contribution in [3.63, 3.8) is 0 Å². The van der Waals surface area contributed by atoms with Crippen LogP contribution in [0, 0.1) is 6.92 Å². The molecular formula is C17H22ClN5O2. The smallest absolute Gasteiger partial charge is 0.271 e. The van der Waals surface area contributed by atoms with E-state index in [4.69, 9.17) is 16.3 Å². The highest BCUT2D eigenvalue weighted by atomic mass is 35.5. The van der Waals surface area contributed by atoms with Crippen LogP contribution >= 0.6 is 11.6 Å². The van der Waals surface area contributed by atoms with Crippen molar-refractivity contribution in [1.29, 1.82) is 0 Å². The molecule has 1 aromatic heterocycles. The van der Waals surface area contributed by atoms with Gasteiger partial charge < -0.3 is 20.3 Å². The van der Waals surface area contributed by atoms with E-state index in [2.05, 4.69) is 20.8 Å². The third-order valence-electron chi connectivity index (χ3n) is 3.49. The molecule has 25 heavy (non-hydrogen) atoms. The first-order chi connectivity index (χ1) is 11.9. The Labute approximate surface area is 152 Å². The number of likely N-dealkylation sites (N-methyl/N-ethyl adjacent to an activating group) is 1. The van der Waals surface area contributed by atoms with Gasteiger partial charge >= 0.3 is 0 Å². The highest BCUT2D eigenvalue weighted by Crippen LogP contribution is 2.32. The van der Waals surface area contributed by atoms with Crippen molar-refractivity contribution in [2.75, 3.05) is 39.6 Å². The molecule has 0 radical (unpaired) electrons. The fourth-order valence-electron chi connectivity index (χ4n) is 2.07. The maximum Gasteiger partial charge on any atom is 0.271 e. The molecule has 0 aliphatic rings. The van der Waals surface area contributed by atoms with E-state index in [1.807, 2.05) is 32.0 Å². The number of nitrogens with one attached hydrogen (secondary N) is 2. The number of hydrogen-bond acceptors (Lipinski definition) is 6. The number of nitrogens with zero attached hydrogens (tertiary/aromatic N) is 3. The van der Waals surface area contributed by atoms with Crippen molar-refractivity contribution < 1.29 is 9.53 Å². The summed E-state index contributed by atoms with van der Waals surface area (Å²) < 4.78 is 5.32. The molecule has 1 aromatic carbocycles. The molecule has 1 amide bonds. The fraction of sp³-hybridized carbons (Fsp3) is 0.353. The average molecular weight is 364 g/mol. The van der Waals surface area contributed by atoms with E-state index in [0.717, 1.165) is 17.8 Å². The van der Waals surface area contributed by atoms with Gasteiger partial charge in [0.2, 0.25) is 0 Å². The molecule has 134 valence electrons. The molecule has 0 atom stereocenters. The van der Waals surface area contributed by atoms with Crippen LogP contribution in [0.3, 0.4) is 0 Å². The van der Waals surface area contributed by atoms with Crippen LogP contribution in [0.1, 0.15) is 16.1 Å². The summed E-state index contributed by atoms with van der Waals surface area (Å²) in [7, 11) is 5.46. The van der Waals surface area contributed by atoms with E-state index < -0.39 is 0 Å². The third kappa shape index (κ3) is 5.30. The van der Waals surface area contributed by atoms with Crippen LogP contribution in [-0.4, -0.2) is 55.3 Å². The van der Waals surface area contributed by atoms with E-state index in [-0.39, 0.29) is 11.6 Å². The maximum atomic E-state index is 12.0. The number of hydrogen-bond donors (Lipinski definition) is 2. The Kier molecular flexibility index (Phi) is 6.55. The summed E-state index contributed by atoms with van der Waals surface area (Å²) in [6.45, 7) is 3.21. The van der Waals surface area contributed by atoms with Crippen LogP contribution in [0.5, 0.6) is 5.75 Å². The van der Waals surface area contributed by atoms with Crippen LogP contribution in [0.15, 0.2) is 24.3 Å². The van der Waals surface area contributed by atoms with Gasteiger partial charge in [-0.05, 0) is 44.8 Å². The SMILES string of the molecule is COc1cc(Cl)c(C)cc1Nc1ccc(C(=O)NCCN(C)C)nn1. The van der Waals surface area contributed by atoms with Crippen LogP contribution in [-0.2, 0) is 0 Å². The summed E-state index contributed by atoms with van der Waals surface area (Å²) in [4.78, 5) is 14.0. The van der Waals surface area contributed by atoms with E-state index in [1.165, 1.54) is 0 Å². The Bertz CT molecular complexity index is 735. The molecule has 0 spiro atoms. The number of halogens is 1. The van der Waals surface area contributed by atoms with Gasteiger partial charge in [0.15, 0.2) is 11.5 Å². The molecule has 1 heterocycles. The lowest BCUT2D eigenvalue weighted by molar-refractivity contribution is 0.0945. The summed E-state index contributed by atoms with van der Waals surface area (Å²) in [6.07, 6.45) is 0. The number of aryl methyl sites for hydroxylation is 1. The van der Waals surface area contributed by atoms with Crippen molar-refractivity contribution in [3.05, 3.63) is 40.5 Å². The van der Waals surface area contributed by atoms with Gasteiger partial charge in [-0.1, -0.05) is 11.6 Å². The summed E-state index contributed by atoms with van der Waals surface area (Å²) in [5, 5.41) is 14.5. The number of rotatable bonds is 7. The van der Waals surface area contributed by atoms with Gasteiger partial charge in [0.25, 0.3) is 5.91 Å². The number of methoxy groups -OCH3 is 1. The lowest BCUT2D eigenvalue weighted by Gasteiger charge is -2.12. The molecule has 2 aromatic rings. The van der Waals surface area contributed by atoms with Gasteiger partial charge in [-0.25, -0.2) is 0 Å². The quantitative estimate of drug-likeness (QED) is 0.786. The van der Waals surface area contributed by atoms with Crippen molar-refractivity contribution in [2.24, 2.45) is 0 Å². The molecule has 0 bridgehead atoms. The molecule has 0 saturated carbocycles. The summed E-state index contributed by atoms with van der Waals surface area (Å²) in [5.74, 6) is 0.855. The predicted octanol–water partition coefficient (Wildman–Crippen LogP) is 2.48. The topological polar surface area (TPSA) is 79.4 Å². The zero-order valence-electron chi connectivity index (χ0n) is 14.8. The minimum Gasteiger partial charge on any atom is -0.495 e. The van der Waals surface area contributed by atoms with Gasteiger partial charge in [0, 0.05) is 24.2 Å². The zero-order valence-corrected chi connectivity index (χ0v) is 15.5. The molecule has 0 aliphatic carbocycles. The number of ether oxygens (including phenoxy) is 1. The third-order valence-corrected chi connectivity index (χ3v) is 3.89. The number of carbonyl (C=O) groups is 1. The number of benzene rings is 1. The second kappa shape index (κ2) is 8.64. The molecule has 0 aliphatic heterocycles. The lowest BCUT2D eigenvalue weighted by atomic mass is 10.2. The Balaban J connectivity index is 2.05. The number of anilines is 2. The minimum absolute atomic E-state index is 0.249. The summed E-state index contributed by atoms with van der Waals surface area (Å²) in [6, 6.07) is 6.91. The largest absolute Gasteiger partial charge is 0.495 e. The average Bonchev–Trinajstić information content (AvgIpc) is 2.58. The summed E-state index contributed by atoms with van der Waals surface area (Å²) >= 11 is 6.10. The molecule has 0 saturated heterocycles. The maximum absolute atomic E-state index is 12.0. The van der Waals surface area contributed by atoms with Gasteiger partial charge in [-0.2, -0.15) is 0 Å². The first kappa shape index (κ1) is 19.0. The molecule has 0 unspecified atom stereocenters. The van der Waals surface area contributed by atoms with Gasteiger partial charge in [-0.15, -0.1) is 10.2 Å². The first-order valence-electron chi connectivity index (χ1n) is 7.78. The van der Waals surface area contributed by atoms with Gasteiger partial charge in [0.05, 0.1) is 12.8 Å². The zero-order chi connectivity index (χ0) is 18.4. The first-order valence-corrected chi connectivity index (χ1v) is 8.16. The minimum atomic E-state index is -0.249. The Hall–Kier alpha value is -2.38. The van der Waals surface area contributed by atoms with E-state index in [1.54, 1.807) is 25.3 Å². The monoisotopic (exact) mass is 363 g/mol. The van der Waals surface area contributed by atoms with Crippen LogP contribution in [0.4, 0.5) is 11.5 Å². The standard InChI is InChI=1S/C17H22ClN5O2/c1-11-9-14(15(25-4)10-12(11)18)20-16-6-5-13(21-22-16)17(24)19-7-8-23(2)3/h5-6,9-10H,7-8H2,1-4H3,(H,19,24)(H,20,22). The van der Waals surface area contributed by atoms with E-state index in [9.17, 15) is 4.79 Å². The lowest BCUT2D eigenvalue weighted by Crippen LogP contribution is -2.31. The predicted molar refractivity (Wildman–Crippen MR) is 98.9 cm³/mol. The van der Waals surface area contributed by atoms with Crippen molar-refractivity contribution in [2.45, 2.75) is 6.92 Å². The van der Waals surface area contributed by atoms with Crippen LogP contribution in [0.2, 0.25) is 5.02 Å². The summed E-state index contributed by atoms with van der Waals surface area (Å²) in [5.41, 5.74) is 1.90. The number of amides is 1. The molecule has 2 N–H and O–H groups in total. The highest BCUT2D eigenvalue weighted by molar-refractivity contribution is 6.31. The Morgan fingerprint density at radius 2 is 2.04 bits per heavy atom. The molecular weight excluding hydrogens is 342 g/mol.